The highest BCUT2D eigenvalue weighted by Crippen LogP contribution is 2.35. The molecule has 1 fully saturated rings. The van der Waals surface area contributed by atoms with Gasteiger partial charge >= 0.3 is 0 Å². The monoisotopic (exact) mass is 503 g/mol. The van der Waals surface area contributed by atoms with Gasteiger partial charge < -0.3 is 15.4 Å². The molecule has 3 aromatic rings. The zero-order chi connectivity index (χ0) is 24.3. The van der Waals surface area contributed by atoms with Crippen molar-refractivity contribution in [2.45, 2.75) is 31.1 Å². The van der Waals surface area contributed by atoms with Crippen molar-refractivity contribution in [1.82, 2.24) is 25.6 Å². The second-order valence-corrected chi connectivity index (χ2v) is 11.4. The molecule has 1 atom stereocenters. The van der Waals surface area contributed by atoms with Crippen molar-refractivity contribution in [3.8, 4) is 11.1 Å². The Labute approximate surface area is 201 Å². The van der Waals surface area contributed by atoms with E-state index in [0.717, 1.165) is 45.6 Å². The highest BCUT2D eigenvalue weighted by atomic mass is 32.2. The molecule has 12 heteroatoms. The Morgan fingerprint density at radius 1 is 1.24 bits per heavy atom. The summed E-state index contributed by atoms with van der Waals surface area (Å²) in [5, 5.41) is 3.83. The average molecular weight is 504 g/mol. The van der Waals surface area contributed by atoms with Gasteiger partial charge in [-0.05, 0) is 43.0 Å². The van der Waals surface area contributed by atoms with E-state index in [4.69, 9.17) is 4.74 Å². The molecule has 0 saturated heterocycles. The summed E-state index contributed by atoms with van der Waals surface area (Å²) < 4.78 is 31.9. The number of fused-ring (bicyclic) bond motifs is 1. The molecule has 1 aliphatic carbocycles. The largest absolute Gasteiger partial charge is 0.384 e. The summed E-state index contributed by atoms with van der Waals surface area (Å²) in [4.78, 5) is 37.7. The van der Waals surface area contributed by atoms with Crippen molar-refractivity contribution in [2.24, 2.45) is 0 Å². The van der Waals surface area contributed by atoms with Crippen molar-refractivity contribution in [1.29, 1.82) is 0 Å². The van der Waals surface area contributed by atoms with Crippen LogP contribution in [0.2, 0.25) is 0 Å². The third-order valence-electron chi connectivity index (χ3n) is 5.38. The predicted octanol–water partition coefficient (Wildman–Crippen LogP) is 1.56. The number of nitrogens with zero attached hydrogens (tertiary/aromatic N) is 3. The first-order valence-corrected chi connectivity index (χ1v) is 13.3. The van der Waals surface area contributed by atoms with Crippen LogP contribution < -0.4 is 10.6 Å². The first-order valence-electron chi connectivity index (χ1n) is 10.7. The number of hydrogen-bond donors (Lipinski definition) is 2. The van der Waals surface area contributed by atoms with Crippen molar-refractivity contribution in [3.63, 3.8) is 0 Å². The number of hydrogen-bond acceptors (Lipinski definition) is 9. The molecule has 1 aromatic carbocycles. The van der Waals surface area contributed by atoms with Crippen molar-refractivity contribution >= 4 is 43.2 Å². The van der Waals surface area contributed by atoms with Crippen molar-refractivity contribution in [3.05, 3.63) is 41.4 Å². The van der Waals surface area contributed by atoms with Crippen LogP contribution in [0.3, 0.4) is 0 Å². The highest BCUT2D eigenvalue weighted by molar-refractivity contribution is 7.92. The summed E-state index contributed by atoms with van der Waals surface area (Å²) in [6, 6.07) is 3.88. The maximum absolute atomic E-state index is 13.1. The Balaban J connectivity index is 1.66. The molecule has 180 valence electrons. The van der Waals surface area contributed by atoms with Crippen LogP contribution in [0.1, 0.15) is 28.7 Å². The standard InChI is InChI=1S/C22H25N5O5S2/c1-13-7-18-17(8-16(13)14-9-23-12-24-10-14)27-22(33-18)20(34(30,31)6-5-32-2)21(29)25-11-19(28)26-15-3-4-15/h7-10,12,15,20H,3-6,11H2,1-2H3,(H,25,29)(H,26,28). The smallest absolute Gasteiger partial charge is 0.245 e. The fourth-order valence-electron chi connectivity index (χ4n) is 3.47. The van der Waals surface area contributed by atoms with Crippen LogP contribution in [0.4, 0.5) is 0 Å². The Morgan fingerprint density at radius 2 is 1.97 bits per heavy atom. The Hall–Kier alpha value is -2.96. The van der Waals surface area contributed by atoms with Gasteiger partial charge in [-0.2, -0.15) is 0 Å². The summed E-state index contributed by atoms with van der Waals surface area (Å²) in [5.41, 5.74) is 3.18. The SMILES string of the molecule is COCCS(=O)(=O)C(C(=O)NCC(=O)NC1CC1)c1nc2cc(-c3cncnc3)c(C)cc2s1. The van der Waals surface area contributed by atoms with Crippen LogP contribution in [0.5, 0.6) is 0 Å². The van der Waals surface area contributed by atoms with E-state index < -0.39 is 21.0 Å². The number of thiazole rings is 1. The predicted molar refractivity (Wildman–Crippen MR) is 128 cm³/mol. The molecule has 1 unspecified atom stereocenters. The fourth-order valence-corrected chi connectivity index (χ4v) is 6.48. The molecule has 2 heterocycles. The maximum atomic E-state index is 13.1. The zero-order valence-corrected chi connectivity index (χ0v) is 20.4. The molecule has 1 saturated carbocycles. The van der Waals surface area contributed by atoms with Gasteiger partial charge in [0.05, 0.1) is 29.1 Å². The number of benzene rings is 1. The summed E-state index contributed by atoms with van der Waals surface area (Å²) >= 11 is 1.14. The normalized spacial score (nSPS) is 14.6. The molecule has 2 aromatic heterocycles. The molecule has 2 N–H and O–H groups in total. The molecule has 2 amide bonds. The number of ether oxygens (including phenoxy) is 1. The lowest BCUT2D eigenvalue weighted by Gasteiger charge is -2.15. The Kier molecular flexibility index (Phi) is 7.19. The summed E-state index contributed by atoms with van der Waals surface area (Å²) in [7, 11) is -2.57. The number of nitrogens with one attached hydrogen (secondary N) is 2. The van der Waals surface area contributed by atoms with E-state index in [0.29, 0.717) is 5.52 Å². The third kappa shape index (κ3) is 5.57. The van der Waals surface area contributed by atoms with Crippen LogP contribution in [-0.2, 0) is 24.2 Å². The molecule has 4 rings (SSSR count). The fraction of sp³-hybridized carbons (Fsp3) is 0.409. The summed E-state index contributed by atoms with van der Waals surface area (Å²) in [5.74, 6) is -1.48. The number of rotatable bonds is 10. The Bertz CT molecular complexity index is 1310. The lowest BCUT2D eigenvalue weighted by Crippen LogP contribution is -2.41. The molecule has 34 heavy (non-hydrogen) atoms. The number of carbonyl (C=O) groups excluding carboxylic acids is 2. The van der Waals surface area contributed by atoms with Gasteiger partial charge in [0.15, 0.2) is 15.1 Å². The first kappa shape index (κ1) is 24.2. The van der Waals surface area contributed by atoms with E-state index in [1.54, 1.807) is 12.4 Å². The number of aromatic nitrogens is 3. The molecular formula is C22H25N5O5S2. The minimum absolute atomic E-state index is 0.0591. The van der Waals surface area contributed by atoms with E-state index in [-0.39, 0.29) is 35.9 Å². The maximum Gasteiger partial charge on any atom is 0.245 e. The summed E-state index contributed by atoms with van der Waals surface area (Å²) in [6.07, 6.45) is 6.64. The van der Waals surface area contributed by atoms with Crippen molar-refractivity contribution < 1.29 is 22.7 Å². The molecule has 0 radical (unpaired) electrons. The molecule has 1 aliphatic rings. The average Bonchev–Trinajstić information content (AvgIpc) is 3.53. The topological polar surface area (TPSA) is 140 Å². The van der Waals surface area contributed by atoms with Gasteiger partial charge in [-0.3, -0.25) is 9.59 Å². The number of sulfone groups is 1. The second kappa shape index (κ2) is 10.1. The van der Waals surface area contributed by atoms with Crippen LogP contribution in [0.25, 0.3) is 21.3 Å². The quantitative estimate of drug-likeness (QED) is 0.425. The second-order valence-electron chi connectivity index (χ2n) is 8.11. The van der Waals surface area contributed by atoms with Gasteiger partial charge in [0.25, 0.3) is 0 Å². The minimum Gasteiger partial charge on any atom is -0.384 e. The number of aryl methyl sites for hydroxylation is 1. The van der Waals surface area contributed by atoms with E-state index >= 15 is 0 Å². The van der Waals surface area contributed by atoms with Gasteiger partial charge in [0.2, 0.25) is 11.8 Å². The van der Waals surface area contributed by atoms with Crippen LogP contribution in [0.15, 0.2) is 30.9 Å². The lowest BCUT2D eigenvalue weighted by molar-refractivity contribution is -0.126. The summed E-state index contributed by atoms with van der Waals surface area (Å²) in [6.45, 7) is 1.57. The first-order chi connectivity index (χ1) is 16.3. The lowest BCUT2D eigenvalue weighted by atomic mass is 10.0. The van der Waals surface area contributed by atoms with Crippen LogP contribution in [0, 0.1) is 6.92 Å². The van der Waals surface area contributed by atoms with Crippen LogP contribution in [-0.4, -0.2) is 67.2 Å². The van der Waals surface area contributed by atoms with E-state index in [1.807, 2.05) is 19.1 Å². The molecule has 0 bridgehead atoms. The molecule has 10 nitrogen and oxygen atoms in total. The van der Waals surface area contributed by atoms with Gasteiger partial charge in [-0.25, -0.2) is 23.4 Å². The minimum atomic E-state index is -3.96. The van der Waals surface area contributed by atoms with Crippen molar-refractivity contribution in [2.75, 3.05) is 26.0 Å². The van der Waals surface area contributed by atoms with Gasteiger partial charge in [-0.1, -0.05) is 0 Å². The van der Waals surface area contributed by atoms with Gasteiger partial charge in [-0.15, -0.1) is 11.3 Å². The van der Waals surface area contributed by atoms with E-state index in [1.165, 1.54) is 13.4 Å². The van der Waals surface area contributed by atoms with E-state index in [2.05, 4.69) is 25.6 Å². The number of amides is 2. The van der Waals surface area contributed by atoms with Gasteiger partial charge in [0.1, 0.15) is 11.3 Å². The molecular weight excluding hydrogens is 478 g/mol. The molecule has 0 aliphatic heterocycles. The molecule has 0 spiro atoms. The van der Waals surface area contributed by atoms with Crippen LogP contribution >= 0.6 is 11.3 Å². The highest BCUT2D eigenvalue weighted by Gasteiger charge is 2.37. The number of methoxy groups -OCH3 is 1. The van der Waals surface area contributed by atoms with E-state index in [9.17, 15) is 18.0 Å². The third-order valence-corrected chi connectivity index (χ3v) is 8.51. The van der Waals surface area contributed by atoms with Gasteiger partial charge in [0, 0.05) is 31.1 Å². The number of carbonyl (C=O) groups is 2. The Morgan fingerprint density at radius 3 is 2.65 bits per heavy atom. The zero-order valence-electron chi connectivity index (χ0n) is 18.8.